The largest absolute Gasteiger partial charge is 0.316 e. The number of hydrogen-bond acceptors (Lipinski definition) is 1. The molecule has 0 spiro atoms. The van der Waals surface area contributed by atoms with E-state index in [-0.39, 0.29) is 0 Å². The summed E-state index contributed by atoms with van der Waals surface area (Å²) in [6, 6.07) is 8.34. The molecule has 2 heteroatoms. The summed E-state index contributed by atoms with van der Waals surface area (Å²) < 4.78 is 0. The zero-order valence-corrected chi connectivity index (χ0v) is 14.2. The molecule has 0 fully saturated rings. The summed E-state index contributed by atoms with van der Waals surface area (Å²) in [6.07, 6.45) is 3.67. The van der Waals surface area contributed by atoms with Crippen molar-refractivity contribution in [3.05, 3.63) is 34.9 Å². The van der Waals surface area contributed by atoms with E-state index in [0.29, 0.717) is 11.8 Å². The minimum absolute atomic E-state index is 0.713. The van der Waals surface area contributed by atoms with E-state index in [0.717, 1.165) is 30.5 Å². The third-order valence-corrected chi connectivity index (χ3v) is 4.34. The van der Waals surface area contributed by atoms with Crippen molar-refractivity contribution in [2.24, 2.45) is 17.8 Å². The average Bonchev–Trinajstić information content (AvgIpc) is 2.42. The Morgan fingerprint density at radius 3 is 2.05 bits per heavy atom. The highest BCUT2D eigenvalue weighted by molar-refractivity contribution is 6.30. The first-order valence-corrected chi connectivity index (χ1v) is 8.39. The second-order valence-corrected chi connectivity index (χ2v) is 6.66. The molecule has 1 aromatic rings. The van der Waals surface area contributed by atoms with Crippen LogP contribution in [0.5, 0.6) is 0 Å². The first-order valence-electron chi connectivity index (χ1n) is 8.01. The molecule has 0 aliphatic rings. The SMILES string of the molecule is CCC(CC)C(CNCC(C)C)Cc1ccc(Cl)cc1. The monoisotopic (exact) mass is 295 g/mol. The Balaban J connectivity index is 2.63. The number of hydrogen-bond donors (Lipinski definition) is 1. The van der Waals surface area contributed by atoms with Crippen molar-refractivity contribution in [1.29, 1.82) is 0 Å². The van der Waals surface area contributed by atoms with E-state index in [4.69, 9.17) is 11.6 Å². The summed E-state index contributed by atoms with van der Waals surface area (Å²) in [5, 5.41) is 4.46. The van der Waals surface area contributed by atoms with E-state index in [1.807, 2.05) is 12.1 Å². The van der Waals surface area contributed by atoms with Gasteiger partial charge in [0.25, 0.3) is 0 Å². The summed E-state index contributed by atoms with van der Waals surface area (Å²) in [6.45, 7) is 11.4. The summed E-state index contributed by atoms with van der Waals surface area (Å²) in [7, 11) is 0. The Morgan fingerprint density at radius 2 is 1.55 bits per heavy atom. The van der Waals surface area contributed by atoms with Crippen molar-refractivity contribution in [3.8, 4) is 0 Å². The smallest absolute Gasteiger partial charge is 0.0406 e. The van der Waals surface area contributed by atoms with E-state index in [2.05, 4.69) is 45.1 Å². The first kappa shape index (κ1) is 17.5. The predicted octanol–water partition coefficient (Wildman–Crippen LogP) is 5.18. The number of rotatable bonds is 9. The van der Waals surface area contributed by atoms with Gasteiger partial charge in [-0.05, 0) is 55.0 Å². The van der Waals surface area contributed by atoms with Gasteiger partial charge in [-0.2, -0.15) is 0 Å². The van der Waals surface area contributed by atoms with E-state index in [1.165, 1.54) is 18.4 Å². The van der Waals surface area contributed by atoms with Gasteiger partial charge in [-0.25, -0.2) is 0 Å². The fraction of sp³-hybridized carbons (Fsp3) is 0.667. The van der Waals surface area contributed by atoms with E-state index < -0.39 is 0 Å². The number of nitrogens with one attached hydrogen (secondary N) is 1. The van der Waals surface area contributed by atoms with Crippen molar-refractivity contribution >= 4 is 11.6 Å². The molecule has 0 aliphatic carbocycles. The third-order valence-electron chi connectivity index (χ3n) is 4.09. The Morgan fingerprint density at radius 1 is 0.950 bits per heavy atom. The van der Waals surface area contributed by atoms with Crippen molar-refractivity contribution < 1.29 is 0 Å². The van der Waals surface area contributed by atoms with Crippen LogP contribution in [0.3, 0.4) is 0 Å². The molecular weight excluding hydrogens is 266 g/mol. The normalized spacial score (nSPS) is 13.2. The molecule has 114 valence electrons. The van der Waals surface area contributed by atoms with Crippen molar-refractivity contribution in [3.63, 3.8) is 0 Å². The molecule has 0 aromatic heterocycles. The van der Waals surface area contributed by atoms with Crippen LogP contribution in [0, 0.1) is 17.8 Å². The van der Waals surface area contributed by atoms with Crippen LogP contribution in [0.1, 0.15) is 46.1 Å². The van der Waals surface area contributed by atoms with Gasteiger partial charge in [-0.15, -0.1) is 0 Å². The second kappa shape index (κ2) is 9.41. The van der Waals surface area contributed by atoms with Gasteiger partial charge in [0.1, 0.15) is 0 Å². The van der Waals surface area contributed by atoms with Crippen LogP contribution >= 0.6 is 11.6 Å². The molecule has 1 unspecified atom stereocenters. The zero-order chi connectivity index (χ0) is 15.0. The van der Waals surface area contributed by atoms with Crippen LogP contribution < -0.4 is 5.32 Å². The molecule has 20 heavy (non-hydrogen) atoms. The highest BCUT2D eigenvalue weighted by atomic mass is 35.5. The van der Waals surface area contributed by atoms with Gasteiger partial charge in [-0.3, -0.25) is 0 Å². The summed E-state index contributed by atoms with van der Waals surface area (Å²) in [5.74, 6) is 2.23. The zero-order valence-electron chi connectivity index (χ0n) is 13.5. The maximum absolute atomic E-state index is 5.97. The van der Waals surface area contributed by atoms with Crippen LogP contribution in [0.25, 0.3) is 0 Å². The molecule has 0 aliphatic heterocycles. The molecule has 0 heterocycles. The molecule has 1 nitrogen and oxygen atoms in total. The Bertz CT molecular complexity index is 354. The first-order chi connectivity index (χ1) is 9.56. The molecule has 1 N–H and O–H groups in total. The third kappa shape index (κ3) is 6.28. The molecule has 0 saturated heterocycles. The maximum atomic E-state index is 5.97. The lowest BCUT2D eigenvalue weighted by atomic mass is 9.83. The van der Waals surface area contributed by atoms with Gasteiger partial charge in [-0.1, -0.05) is 64.3 Å². The fourth-order valence-corrected chi connectivity index (χ4v) is 2.97. The predicted molar refractivity (Wildman–Crippen MR) is 90.4 cm³/mol. The number of halogens is 1. The molecule has 1 atom stereocenters. The highest BCUT2D eigenvalue weighted by Crippen LogP contribution is 2.24. The lowest BCUT2D eigenvalue weighted by Gasteiger charge is -2.26. The highest BCUT2D eigenvalue weighted by Gasteiger charge is 2.18. The lowest BCUT2D eigenvalue weighted by Crippen LogP contribution is -2.31. The van der Waals surface area contributed by atoms with E-state index >= 15 is 0 Å². The summed E-state index contributed by atoms with van der Waals surface area (Å²) in [5.41, 5.74) is 1.40. The molecule has 1 aromatic carbocycles. The van der Waals surface area contributed by atoms with E-state index in [1.54, 1.807) is 0 Å². The van der Waals surface area contributed by atoms with Gasteiger partial charge >= 0.3 is 0 Å². The van der Waals surface area contributed by atoms with Crippen LogP contribution in [0.4, 0.5) is 0 Å². The molecule has 1 rings (SSSR count). The topological polar surface area (TPSA) is 12.0 Å². The molecule has 0 bridgehead atoms. The van der Waals surface area contributed by atoms with Crippen LogP contribution in [0.2, 0.25) is 5.02 Å². The molecule has 0 amide bonds. The van der Waals surface area contributed by atoms with Gasteiger partial charge in [0.2, 0.25) is 0 Å². The van der Waals surface area contributed by atoms with Gasteiger partial charge < -0.3 is 5.32 Å². The van der Waals surface area contributed by atoms with Crippen LogP contribution in [0.15, 0.2) is 24.3 Å². The Hall–Kier alpha value is -0.530. The quantitative estimate of drug-likeness (QED) is 0.662. The molecule has 0 radical (unpaired) electrons. The minimum Gasteiger partial charge on any atom is -0.316 e. The lowest BCUT2D eigenvalue weighted by molar-refractivity contribution is 0.294. The van der Waals surface area contributed by atoms with Crippen LogP contribution in [-0.4, -0.2) is 13.1 Å². The summed E-state index contributed by atoms with van der Waals surface area (Å²) in [4.78, 5) is 0. The second-order valence-electron chi connectivity index (χ2n) is 6.22. The maximum Gasteiger partial charge on any atom is 0.0406 e. The fourth-order valence-electron chi connectivity index (χ4n) is 2.84. The molecule has 0 saturated carbocycles. The summed E-state index contributed by atoms with van der Waals surface area (Å²) >= 11 is 5.97. The molecular formula is C18H30ClN. The standard InChI is InChI=1S/C18H30ClN/c1-5-16(6-2)17(13-20-12-14(3)4)11-15-7-9-18(19)10-8-15/h7-10,14,16-17,20H,5-6,11-13H2,1-4H3. The van der Waals surface area contributed by atoms with Crippen molar-refractivity contribution in [2.75, 3.05) is 13.1 Å². The number of benzene rings is 1. The van der Waals surface area contributed by atoms with Gasteiger partial charge in [0, 0.05) is 5.02 Å². The average molecular weight is 296 g/mol. The van der Waals surface area contributed by atoms with Gasteiger partial charge in [0.05, 0.1) is 0 Å². The van der Waals surface area contributed by atoms with Crippen molar-refractivity contribution in [2.45, 2.75) is 47.0 Å². The van der Waals surface area contributed by atoms with Crippen molar-refractivity contribution in [1.82, 2.24) is 5.32 Å². The van der Waals surface area contributed by atoms with Crippen LogP contribution in [-0.2, 0) is 6.42 Å². The van der Waals surface area contributed by atoms with Gasteiger partial charge in [0.15, 0.2) is 0 Å². The Labute approximate surface area is 130 Å². The Kier molecular flexibility index (Phi) is 8.25. The minimum atomic E-state index is 0.713. The van der Waals surface area contributed by atoms with E-state index in [9.17, 15) is 0 Å².